The molecule has 1 unspecified atom stereocenters. The smallest absolute Gasteiger partial charge is 0.148 e. The lowest BCUT2D eigenvalue weighted by atomic mass is 9.75. The van der Waals surface area contributed by atoms with E-state index in [1.165, 1.54) is 6.07 Å². The van der Waals surface area contributed by atoms with Crippen LogP contribution in [-0.4, -0.2) is 9.67 Å². The number of aliphatic hydroxyl groups is 1. The maximum absolute atomic E-state index is 14.3. The lowest BCUT2D eigenvalue weighted by molar-refractivity contribution is 0.0986. The number of halogens is 2. The van der Waals surface area contributed by atoms with Gasteiger partial charge in [0.1, 0.15) is 5.82 Å². The summed E-state index contributed by atoms with van der Waals surface area (Å²) in [7, 11) is 0. The molecule has 112 valence electrons. The zero-order valence-electron chi connectivity index (χ0n) is 12.5. The minimum absolute atomic E-state index is 0.00212. The number of aliphatic hydroxyl groups excluding tert-OH is 1. The SMILES string of the molecule is Cc1cc2c(n1-c1ccc(Cl)cc1F)CC(C)(C)CC2O. The van der Waals surface area contributed by atoms with Gasteiger partial charge in [-0.05, 0) is 49.4 Å². The van der Waals surface area contributed by atoms with Crippen LogP contribution in [0, 0.1) is 18.2 Å². The van der Waals surface area contributed by atoms with E-state index in [0.29, 0.717) is 10.7 Å². The minimum Gasteiger partial charge on any atom is -0.388 e. The minimum atomic E-state index is -0.487. The van der Waals surface area contributed by atoms with Crippen molar-refractivity contribution in [2.45, 2.75) is 39.7 Å². The van der Waals surface area contributed by atoms with Gasteiger partial charge in [0.15, 0.2) is 0 Å². The molecular weight excluding hydrogens is 289 g/mol. The van der Waals surface area contributed by atoms with Gasteiger partial charge in [-0.1, -0.05) is 25.4 Å². The Morgan fingerprint density at radius 2 is 2.05 bits per heavy atom. The standard InChI is InChI=1S/C17H19ClFNO/c1-10-6-12-15(8-17(2,3)9-16(12)21)20(10)14-5-4-11(18)7-13(14)19/h4-7,16,21H,8-9H2,1-3H3. The summed E-state index contributed by atoms with van der Waals surface area (Å²) in [5.74, 6) is -0.345. The van der Waals surface area contributed by atoms with Crippen LogP contribution in [0.4, 0.5) is 4.39 Å². The number of hydrogen-bond acceptors (Lipinski definition) is 1. The zero-order chi connectivity index (χ0) is 15.4. The molecule has 3 rings (SSSR count). The highest BCUT2D eigenvalue weighted by Crippen LogP contribution is 2.43. The summed E-state index contributed by atoms with van der Waals surface area (Å²) >= 11 is 5.84. The Morgan fingerprint density at radius 3 is 2.71 bits per heavy atom. The average molecular weight is 308 g/mol. The van der Waals surface area contributed by atoms with Gasteiger partial charge in [-0.25, -0.2) is 4.39 Å². The zero-order valence-corrected chi connectivity index (χ0v) is 13.2. The lowest BCUT2D eigenvalue weighted by Gasteiger charge is -2.34. The summed E-state index contributed by atoms with van der Waals surface area (Å²) in [6.45, 7) is 6.19. The second kappa shape index (κ2) is 4.85. The quantitative estimate of drug-likeness (QED) is 0.819. The summed E-state index contributed by atoms with van der Waals surface area (Å²) in [6, 6.07) is 6.67. The highest BCUT2D eigenvalue weighted by Gasteiger charge is 2.34. The first-order chi connectivity index (χ1) is 9.78. The summed E-state index contributed by atoms with van der Waals surface area (Å²) in [5, 5.41) is 10.8. The monoisotopic (exact) mass is 307 g/mol. The molecule has 2 aromatic rings. The molecule has 0 amide bonds. The van der Waals surface area contributed by atoms with Gasteiger partial charge in [0.05, 0.1) is 11.8 Å². The Hall–Kier alpha value is -1.32. The number of nitrogens with zero attached hydrogens (tertiary/aromatic N) is 1. The third kappa shape index (κ3) is 2.49. The molecule has 0 spiro atoms. The van der Waals surface area contributed by atoms with Crippen molar-refractivity contribution in [2.24, 2.45) is 5.41 Å². The molecule has 1 aliphatic rings. The molecule has 1 N–H and O–H groups in total. The molecule has 2 nitrogen and oxygen atoms in total. The fourth-order valence-electron chi connectivity index (χ4n) is 3.34. The summed E-state index contributed by atoms with van der Waals surface area (Å²) in [5.41, 5.74) is 3.33. The molecule has 1 heterocycles. The van der Waals surface area contributed by atoms with Crippen LogP contribution in [0.15, 0.2) is 24.3 Å². The van der Waals surface area contributed by atoms with Gasteiger partial charge in [-0.3, -0.25) is 0 Å². The number of benzene rings is 1. The van der Waals surface area contributed by atoms with E-state index in [0.717, 1.165) is 29.8 Å². The highest BCUT2D eigenvalue weighted by atomic mass is 35.5. The van der Waals surface area contributed by atoms with Crippen molar-refractivity contribution in [1.29, 1.82) is 0 Å². The van der Waals surface area contributed by atoms with Crippen LogP contribution >= 0.6 is 11.6 Å². The van der Waals surface area contributed by atoms with Crippen LogP contribution in [-0.2, 0) is 6.42 Å². The van der Waals surface area contributed by atoms with Crippen molar-refractivity contribution in [3.05, 3.63) is 52.1 Å². The van der Waals surface area contributed by atoms with E-state index in [1.807, 2.05) is 17.6 Å². The number of hydrogen-bond donors (Lipinski definition) is 1. The Labute approximate surface area is 129 Å². The van der Waals surface area contributed by atoms with Gasteiger partial charge in [0, 0.05) is 22.0 Å². The third-order valence-corrected chi connectivity index (χ3v) is 4.46. The summed E-state index contributed by atoms with van der Waals surface area (Å²) in [6.07, 6.45) is 1.06. The van der Waals surface area contributed by atoms with Gasteiger partial charge in [0.25, 0.3) is 0 Å². The molecular formula is C17H19ClFNO. The normalized spacial score (nSPS) is 20.4. The van der Waals surface area contributed by atoms with Crippen molar-refractivity contribution in [3.8, 4) is 5.69 Å². The van der Waals surface area contributed by atoms with E-state index in [-0.39, 0.29) is 11.2 Å². The molecule has 0 radical (unpaired) electrons. The van der Waals surface area contributed by atoms with E-state index in [4.69, 9.17) is 11.6 Å². The fraction of sp³-hybridized carbons (Fsp3) is 0.412. The second-order valence-corrected chi connectivity index (χ2v) is 7.12. The topological polar surface area (TPSA) is 25.2 Å². The maximum Gasteiger partial charge on any atom is 0.148 e. The van der Waals surface area contributed by atoms with Crippen molar-refractivity contribution >= 4 is 11.6 Å². The Bertz CT molecular complexity index is 705. The Balaban J connectivity index is 2.21. The number of rotatable bonds is 1. The molecule has 0 bridgehead atoms. The summed E-state index contributed by atoms with van der Waals surface area (Å²) in [4.78, 5) is 0. The number of aryl methyl sites for hydroxylation is 1. The first-order valence-electron chi connectivity index (χ1n) is 7.13. The largest absolute Gasteiger partial charge is 0.388 e. The lowest BCUT2D eigenvalue weighted by Crippen LogP contribution is -2.26. The van der Waals surface area contributed by atoms with Crippen LogP contribution in [0.5, 0.6) is 0 Å². The van der Waals surface area contributed by atoms with Crippen LogP contribution in [0.1, 0.15) is 43.3 Å². The number of aromatic nitrogens is 1. The predicted octanol–water partition coefficient (Wildman–Crippen LogP) is 4.58. The predicted molar refractivity (Wildman–Crippen MR) is 82.5 cm³/mol. The third-order valence-electron chi connectivity index (χ3n) is 4.22. The van der Waals surface area contributed by atoms with Crippen LogP contribution in [0.3, 0.4) is 0 Å². The fourth-order valence-corrected chi connectivity index (χ4v) is 3.50. The van der Waals surface area contributed by atoms with Gasteiger partial charge in [-0.15, -0.1) is 0 Å². The molecule has 0 aliphatic heterocycles. The first kappa shape index (κ1) is 14.6. The maximum atomic E-state index is 14.3. The molecule has 0 saturated heterocycles. The van der Waals surface area contributed by atoms with Crippen molar-refractivity contribution in [1.82, 2.24) is 4.57 Å². The van der Waals surface area contributed by atoms with Crippen molar-refractivity contribution in [3.63, 3.8) is 0 Å². The van der Waals surface area contributed by atoms with Crippen LogP contribution in [0.25, 0.3) is 5.69 Å². The van der Waals surface area contributed by atoms with Crippen LogP contribution in [0.2, 0.25) is 5.02 Å². The molecule has 1 aromatic carbocycles. The van der Waals surface area contributed by atoms with E-state index < -0.39 is 6.10 Å². The molecule has 0 saturated carbocycles. The van der Waals surface area contributed by atoms with E-state index in [2.05, 4.69) is 13.8 Å². The van der Waals surface area contributed by atoms with Crippen molar-refractivity contribution in [2.75, 3.05) is 0 Å². The average Bonchev–Trinajstić information content (AvgIpc) is 2.65. The van der Waals surface area contributed by atoms with Gasteiger partial charge in [-0.2, -0.15) is 0 Å². The van der Waals surface area contributed by atoms with Crippen molar-refractivity contribution < 1.29 is 9.50 Å². The van der Waals surface area contributed by atoms with E-state index in [1.54, 1.807) is 12.1 Å². The molecule has 1 atom stereocenters. The van der Waals surface area contributed by atoms with E-state index >= 15 is 0 Å². The van der Waals surface area contributed by atoms with Gasteiger partial charge >= 0.3 is 0 Å². The first-order valence-corrected chi connectivity index (χ1v) is 7.51. The van der Waals surface area contributed by atoms with E-state index in [9.17, 15) is 9.50 Å². The van der Waals surface area contributed by atoms with Crippen LogP contribution < -0.4 is 0 Å². The molecule has 0 fully saturated rings. The van der Waals surface area contributed by atoms with Gasteiger partial charge < -0.3 is 9.67 Å². The molecule has 4 heteroatoms. The second-order valence-electron chi connectivity index (χ2n) is 6.68. The van der Waals surface area contributed by atoms with Gasteiger partial charge in [0.2, 0.25) is 0 Å². The Kier molecular flexibility index (Phi) is 3.38. The summed E-state index contributed by atoms with van der Waals surface area (Å²) < 4.78 is 16.2. The molecule has 1 aromatic heterocycles. The number of fused-ring (bicyclic) bond motifs is 1. The molecule has 1 aliphatic carbocycles. The highest BCUT2D eigenvalue weighted by molar-refractivity contribution is 6.30. The Morgan fingerprint density at radius 1 is 1.33 bits per heavy atom. The molecule has 21 heavy (non-hydrogen) atoms.